The summed E-state index contributed by atoms with van der Waals surface area (Å²) >= 11 is 0. The van der Waals surface area contributed by atoms with Crippen LogP contribution in [0, 0.1) is 17.5 Å². The smallest absolute Gasteiger partial charge is 0.294 e. The van der Waals surface area contributed by atoms with Crippen LogP contribution in [0.2, 0.25) is 0 Å². The summed E-state index contributed by atoms with van der Waals surface area (Å²) in [5.74, 6) is -4.87. The molecule has 1 aliphatic heterocycles. The maximum absolute atomic E-state index is 14.5. The minimum Gasteiger partial charge on any atom is -0.507 e. The Balaban J connectivity index is 1.19. The number of ketones is 1. The van der Waals surface area contributed by atoms with E-state index in [9.17, 15) is 32.7 Å². The third-order valence-electron chi connectivity index (χ3n) is 8.54. The highest BCUT2D eigenvalue weighted by atomic mass is 19.1. The normalized spacial score (nSPS) is 13.4. The largest absolute Gasteiger partial charge is 0.507 e. The molecule has 1 saturated heterocycles. The molecule has 1 aromatic heterocycles. The molecule has 0 bridgehead atoms. The molecule has 0 aliphatic carbocycles. The number of benzene rings is 4. The number of pyridine rings is 1. The lowest BCUT2D eigenvalue weighted by molar-refractivity contribution is -0.142. The lowest BCUT2D eigenvalue weighted by Gasteiger charge is -2.35. The number of amides is 1. The fourth-order valence-corrected chi connectivity index (χ4v) is 5.89. The zero-order valence-electron chi connectivity index (χ0n) is 26.4. The van der Waals surface area contributed by atoms with Crippen LogP contribution in [0.5, 0.6) is 0 Å². The highest BCUT2D eigenvalue weighted by Gasteiger charge is 2.26. The predicted octanol–water partition coefficient (Wildman–Crippen LogP) is 6.39. The Labute approximate surface area is 280 Å². The van der Waals surface area contributed by atoms with Gasteiger partial charge in [-0.1, -0.05) is 66.7 Å². The first kappa shape index (κ1) is 33.0. The van der Waals surface area contributed by atoms with Gasteiger partial charge < -0.3 is 19.5 Å². The van der Waals surface area contributed by atoms with Crippen molar-refractivity contribution < 1.29 is 27.9 Å². The number of rotatable bonds is 9. The summed E-state index contributed by atoms with van der Waals surface area (Å²) in [6.07, 6.45) is 1.69. The fraction of sp³-hybridized carbons (Fsp3) is 0.154. The van der Waals surface area contributed by atoms with E-state index < -0.39 is 40.5 Å². The molecule has 0 unspecified atom stereocenters. The maximum Gasteiger partial charge on any atom is 0.294 e. The van der Waals surface area contributed by atoms with Gasteiger partial charge in [-0.15, -0.1) is 0 Å². The van der Waals surface area contributed by atoms with Gasteiger partial charge in [0.25, 0.3) is 11.5 Å². The standard InChI is InChI=1S/C39H32F3N3O4/c40-33-10-5-4-9-29(33)25-45-24-26(21-31-34(41)11-6-12-35(31)42)22-32(38(45)48)36(46)23-37(47)39(49)44-19-17-43(18-20-44)30-15-13-28(14-16-30)27-7-2-1-3-8-27/h1-16,22-24,46H,17-21,25H2. The molecule has 0 saturated carbocycles. The molecule has 0 radical (unpaired) electrons. The Morgan fingerprint density at radius 2 is 1.35 bits per heavy atom. The van der Waals surface area contributed by atoms with E-state index >= 15 is 0 Å². The number of hydrogen-bond donors (Lipinski definition) is 1. The first-order valence-electron chi connectivity index (χ1n) is 15.7. The van der Waals surface area contributed by atoms with E-state index in [0.717, 1.165) is 33.5 Å². The number of aliphatic hydroxyl groups excluding tert-OH is 1. The van der Waals surface area contributed by atoms with E-state index in [1.165, 1.54) is 41.4 Å². The quantitative estimate of drug-likeness (QED) is 0.112. The van der Waals surface area contributed by atoms with Crippen molar-refractivity contribution in [2.24, 2.45) is 0 Å². The molecule has 7 nitrogen and oxygen atoms in total. The molecule has 1 N–H and O–H groups in total. The third kappa shape index (κ3) is 7.49. The van der Waals surface area contributed by atoms with Gasteiger partial charge in [0, 0.05) is 61.7 Å². The van der Waals surface area contributed by atoms with Crippen LogP contribution < -0.4 is 10.5 Å². The summed E-state index contributed by atoms with van der Waals surface area (Å²) in [5, 5.41) is 11.0. The molecular weight excluding hydrogens is 631 g/mol. The Kier molecular flexibility index (Phi) is 9.75. The second-order valence-electron chi connectivity index (χ2n) is 11.7. The SMILES string of the molecule is O=C(C=C(O)c1cc(Cc2c(F)cccc2F)cn(Cc2ccccc2F)c1=O)C(=O)N1CCN(c2ccc(-c3ccccc3)cc2)CC1. The van der Waals surface area contributed by atoms with Crippen LogP contribution in [0.25, 0.3) is 16.9 Å². The van der Waals surface area contributed by atoms with Gasteiger partial charge in [-0.2, -0.15) is 0 Å². The first-order valence-corrected chi connectivity index (χ1v) is 15.7. The van der Waals surface area contributed by atoms with Gasteiger partial charge in [-0.05, 0) is 53.1 Å². The minimum atomic E-state index is -1.04. The van der Waals surface area contributed by atoms with Gasteiger partial charge in [-0.25, -0.2) is 13.2 Å². The molecule has 248 valence electrons. The molecule has 5 aromatic rings. The van der Waals surface area contributed by atoms with Crippen LogP contribution in [0.3, 0.4) is 0 Å². The maximum atomic E-state index is 14.5. The second kappa shape index (κ2) is 14.5. The molecule has 2 heterocycles. The predicted molar refractivity (Wildman–Crippen MR) is 182 cm³/mol. The van der Waals surface area contributed by atoms with Crippen LogP contribution in [-0.4, -0.2) is 52.4 Å². The number of anilines is 1. The summed E-state index contributed by atoms with van der Waals surface area (Å²) < 4.78 is 44.6. The molecule has 49 heavy (non-hydrogen) atoms. The number of aliphatic hydroxyl groups is 1. The Bertz CT molecular complexity index is 2070. The molecule has 1 aliphatic rings. The van der Waals surface area contributed by atoms with Crippen molar-refractivity contribution in [2.45, 2.75) is 13.0 Å². The molecule has 6 rings (SSSR count). The summed E-state index contributed by atoms with van der Waals surface area (Å²) in [7, 11) is 0. The van der Waals surface area contributed by atoms with E-state index in [2.05, 4.69) is 4.90 Å². The molecule has 0 atom stereocenters. The van der Waals surface area contributed by atoms with Crippen molar-refractivity contribution in [3.8, 4) is 11.1 Å². The van der Waals surface area contributed by atoms with Crippen LogP contribution in [0.1, 0.15) is 22.3 Å². The van der Waals surface area contributed by atoms with Gasteiger partial charge in [0.1, 0.15) is 23.2 Å². The molecule has 10 heteroatoms. The number of hydrogen-bond acceptors (Lipinski definition) is 5. The average Bonchev–Trinajstić information content (AvgIpc) is 3.12. The summed E-state index contributed by atoms with van der Waals surface area (Å²) in [6.45, 7) is 1.23. The van der Waals surface area contributed by atoms with Crippen LogP contribution in [0.15, 0.2) is 120 Å². The van der Waals surface area contributed by atoms with E-state index in [0.29, 0.717) is 19.2 Å². The summed E-state index contributed by atoms with van der Waals surface area (Å²) in [6, 6.07) is 28.5. The van der Waals surface area contributed by atoms with Crippen molar-refractivity contribution in [3.63, 3.8) is 0 Å². The zero-order valence-corrected chi connectivity index (χ0v) is 26.4. The monoisotopic (exact) mass is 663 g/mol. The molecular formula is C39H32F3N3O4. The lowest BCUT2D eigenvalue weighted by Crippen LogP contribution is -2.50. The van der Waals surface area contributed by atoms with E-state index in [4.69, 9.17) is 0 Å². The fourth-order valence-electron chi connectivity index (χ4n) is 5.89. The van der Waals surface area contributed by atoms with Crippen molar-refractivity contribution in [1.29, 1.82) is 0 Å². The van der Waals surface area contributed by atoms with Gasteiger partial charge in [0.05, 0.1) is 12.1 Å². The molecule has 4 aromatic carbocycles. The van der Waals surface area contributed by atoms with E-state index in [-0.39, 0.29) is 48.3 Å². The molecule has 1 fully saturated rings. The van der Waals surface area contributed by atoms with Gasteiger partial charge in [0.2, 0.25) is 5.78 Å². The topological polar surface area (TPSA) is 82.8 Å². The van der Waals surface area contributed by atoms with Gasteiger partial charge >= 0.3 is 0 Å². The number of aromatic nitrogens is 1. The van der Waals surface area contributed by atoms with Gasteiger partial charge in [-0.3, -0.25) is 14.4 Å². The highest BCUT2D eigenvalue weighted by molar-refractivity contribution is 6.41. The van der Waals surface area contributed by atoms with E-state index in [1.54, 1.807) is 6.07 Å². The Morgan fingerprint density at radius 3 is 2.02 bits per heavy atom. The minimum absolute atomic E-state index is 0.158. The highest BCUT2D eigenvalue weighted by Crippen LogP contribution is 2.24. The Hall–Kier alpha value is -5.90. The number of carbonyl (C=O) groups is 2. The van der Waals surface area contributed by atoms with Crippen molar-refractivity contribution in [1.82, 2.24) is 9.47 Å². The average molecular weight is 664 g/mol. The van der Waals surface area contributed by atoms with Crippen LogP contribution >= 0.6 is 0 Å². The molecule has 0 spiro atoms. The van der Waals surface area contributed by atoms with Crippen molar-refractivity contribution in [3.05, 3.63) is 165 Å². The van der Waals surface area contributed by atoms with Gasteiger partial charge in [0.15, 0.2) is 0 Å². The second-order valence-corrected chi connectivity index (χ2v) is 11.7. The van der Waals surface area contributed by atoms with Crippen molar-refractivity contribution in [2.75, 3.05) is 31.1 Å². The third-order valence-corrected chi connectivity index (χ3v) is 8.54. The lowest BCUT2D eigenvalue weighted by atomic mass is 10.0. The number of carbonyl (C=O) groups excluding carboxylic acids is 2. The molecule has 1 amide bonds. The zero-order chi connectivity index (χ0) is 34.5. The number of piperazine rings is 1. The summed E-state index contributed by atoms with van der Waals surface area (Å²) in [5.41, 5.74) is 2.10. The number of halogens is 3. The van der Waals surface area contributed by atoms with Crippen LogP contribution in [-0.2, 0) is 22.6 Å². The van der Waals surface area contributed by atoms with E-state index in [1.807, 2.05) is 54.6 Å². The number of nitrogens with zero attached hydrogens (tertiary/aromatic N) is 3. The van der Waals surface area contributed by atoms with Crippen molar-refractivity contribution >= 4 is 23.1 Å². The van der Waals surface area contributed by atoms with Crippen LogP contribution in [0.4, 0.5) is 18.9 Å². The Morgan fingerprint density at radius 1 is 0.735 bits per heavy atom. The first-order chi connectivity index (χ1) is 23.7. The summed E-state index contributed by atoms with van der Waals surface area (Å²) in [4.78, 5) is 43.1.